The quantitative estimate of drug-likeness (QED) is 0.114. The van der Waals surface area contributed by atoms with Gasteiger partial charge in [-0.15, -0.1) is 0 Å². The minimum atomic E-state index is 1.08. The van der Waals surface area contributed by atoms with Gasteiger partial charge in [0, 0.05) is 34.1 Å². The lowest BCUT2D eigenvalue weighted by atomic mass is 9.99. The molecule has 0 N–H and O–H groups in total. The van der Waals surface area contributed by atoms with E-state index in [0.717, 1.165) is 58.1 Å². The summed E-state index contributed by atoms with van der Waals surface area (Å²) in [6.07, 6.45) is 9.05. The van der Waals surface area contributed by atoms with Gasteiger partial charge < -0.3 is 9.80 Å². The summed E-state index contributed by atoms with van der Waals surface area (Å²) in [5.74, 6) is 0. The number of rotatable bonds is 13. The second kappa shape index (κ2) is 21.1. The summed E-state index contributed by atoms with van der Waals surface area (Å²) in [6, 6.07) is 103. The molecule has 0 unspecified atom stereocenters. The Kier molecular flexibility index (Phi) is 13.0. The molecule has 0 aliphatic heterocycles. The third-order valence-corrected chi connectivity index (χ3v) is 14.2. The predicted octanol–water partition coefficient (Wildman–Crippen LogP) is 20.4. The molecule has 352 valence electrons. The van der Waals surface area contributed by atoms with Crippen molar-refractivity contribution < 1.29 is 0 Å². The largest absolute Gasteiger partial charge is 0.311 e. The van der Waals surface area contributed by atoms with Crippen molar-refractivity contribution in [3.8, 4) is 66.8 Å². The highest BCUT2D eigenvalue weighted by atomic mass is 15.1. The molecule has 1 aliphatic carbocycles. The Morgan fingerprint density at radius 2 is 0.392 bits per heavy atom. The molecule has 0 saturated heterocycles. The molecule has 11 aromatic rings. The molecule has 2 nitrogen and oxygen atoms in total. The maximum absolute atomic E-state index is 2.35. The summed E-state index contributed by atoms with van der Waals surface area (Å²) in [5.41, 5.74) is 23.4. The predicted molar refractivity (Wildman–Crippen MR) is 315 cm³/mol. The van der Waals surface area contributed by atoms with Gasteiger partial charge in [-0.25, -0.2) is 0 Å². The molecule has 0 aromatic heterocycles. The number of nitrogens with zero attached hydrogens (tertiary/aromatic N) is 2. The Morgan fingerprint density at radius 1 is 0.189 bits per heavy atom. The lowest BCUT2D eigenvalue weighted by Crippen LogP contribution is -2.10. The lowest BCUT2D eigenvalue weighted by Gasteiger charge is -2.27. The average molecular weight is 947 g/mol. The number of anilines is 6. The van der Waals surface area contributed by atoms with Crippen LogP contribution < -0.4 is 9.80 Å². The van der Waals surface area contributed by atoms with E-state index in [-0.39, 0.29) is 0 Å². The van der Waals surface area contributed by atoms with E-state index in [1.807, 2.05) is 0 Å². The van der Waals surface area contributed by atoms with E-state index in [0.29, 0.717) is 0 Å². The summed E-state index contributed by atoms with van der Waals surface area (Å²) >= 11 is 0. The zero-order valence-corrected chi connectivity index (χ0v) is 41.2. The molecular formula is C72H54N2. The van der Waals surface area contributed by atoms with Crippen molar-refractivity contribution in [3.63, 3.8) is 0 Å². The van der Waals surface area contributed by atoms with Crippen LogP contribution in [0.25, 0.3) is 72.3 Å². The van der Waals surface area contributed by atoms with E-state index in [4.69, 9.17) is 0 Å². The molecule has 0 heterocycles. The minimum Gasteiger partial charge on any atom is -0.311 e. The van der Waals surface area contributed by atoms with Crippen LogP contribution in [0.15, 0.2) is 303 Å². The van der Waals surface area contributed by atoms with Crippen LogP contribution in [0.1, 0.15) is 18.4 Å². The second-order valence-corrected chi connectivity index (χ2v) is 18.8. The van der Waals surface area contributed by atoms with Crippen LogP contribution in [0.2, 0.25) is 0 Å². The SMILES string of the molecule is C1=CC(c2ccc(N(c3ccc(-c4ccccc4)cc3)c3ccc(-c4ccc(N(c5ccc(-c6ccc(-c7ccccc7)cc6)cc5)c5ccc(-c6ccc(-c7ccccc7)cc6)cc5)cc4)cc3)cc2)=CCC1. The highest BCUT2D eigenvalue weighted by Gasteiger charge is 2.17. The second-order valence-electron chi connectivity index (χ2n) is 18.8. The van der Waals surface area contributed by atoms with Crippen LogP contribution in [0.3, 0.4) is 0 Å². The van der Waals surface area contributed by atoms with E-state index >= 15 is 0 Å². The number of benzene rings is 11. The van der Waals surface area contributed by atoms with Gasteiger partial charge in [0.2, 0.25) is 0 Å². The van der Waals surface area contributed by atoms with Crippen LogP contribution in [-0.2, 0) is 0 Å². The van der Waals surface area contributed by atoms with Crippen molar-refractivity contribution in [3.05, 3.63) is 309 Å². The fourth-order valence-corrected chi connectivity index (χ4v) is 10.1. The highest BCUT2D eigenvalue weighted by molar-refractivity contribution is 5.85. The Bertz CT molecular complexity index is 3530. The molecule has 1 aliphatic rings. The fourth-order valence-electron chi connectivity index (χ4n) is 10.1. The van der Waals surface area contributed by atoms with E-state index in [2.05, 4.69) is 313 Å². The molecule has 0 radical (unpaired) electrons. The van der Waals surface area contributed by atoms with Crippen molar-refractivity contribution >= 4 is 39.7 Å². The Labute approximate surface area is 435 Å². The number of allylic oxidation sites excluding steroid dienone is 4. The molecular weight excluding hydrogens is 893 g/mol. The summed E-state index contributed by atoms with van der Waals surface area (Å²) < 4.78 is 0. The molecule has 11 aromatic carbocycles. The molecule has 0 bridgehead atoms. The first kappa shape index (κ1) is 45.6. The minimum absolute atomic E-state index is 1.08. The maximum atomic E-state index is 2.35. The fraction of sp³-hybridized carbons (Fsp3) is 0.0278. The summed E-state index contributed by atoms with van der Waals surface area (Å²) in [5, 5.41) is 0. The van der Waals surface area contributed by atoms with Gasteiger partial charge in [-0.2, -0.15) is 0 Å². The summed E-state index contributed by atoms with van der Waals surface area (Å²) in [7, 11) is 0. The van der Waals surface area contributed by atoms with E-state index in [1.54, 1.807) is 0 Å². The van der Waals surface area contributed by atoms with Gasteiger partial charge in [-0.05, 0) is 164 Å². The molecule has 2 heteroatoms. The molecule has 0 spiro atoms. The van der Waals surface area contributed by atoms with E-state index in [1.165, 1.54) is 66.8 Å². The first-order valence-electron chi connectivity index (χ1n) is 25.6. The number of hydrogen-bond acceptors (Lipinski definition) is 2. The maximum Gasteiger partial charge on any atom is 0.0462 e. The van der Waals surface area contributed by atoms with Gasteiger partial charge in [-0.1, -0.05) is 231 Å². The molecule has 0 atom stereocenters. The first-order valence-corrected chi connectivity index (χ1v) is 25.6. The topological polar surface area (TPSA) is 6.48 Å². The zero-order valence-electron chi connectivity index (χ0n) is 41.2. The zero-order chi connectivity index (χ0) is 49.5. The Morgan fingerprint density at radius 3 is 0.608 bits per heavy atom. The van der Waals surface area contributed by atoms with Crippen LogP contribution in [0, 0.1) is 0 Å². The monoisotopic (exact) mass is 946 g/mol. The third kappa shape index (κ3) is 9.90. The van der Waals surface area contributed by atoms with E-state index in [9.17, 15) is 0 Å². The standard InChI is InChI=1S/C72H54N2/c1-5-13-53(14-6-1)57-21-25-59(26-22-57)63-33-45-69(46-34-63)74(70-47-35-64(36-48-70)60-27-23-58(24-28-60)54-15-7-2-8-16-54)72-51-39-66(40-52-72)65-37-49-71(50-38-65)73(67-41-29-61(30-42-67)55-17-9-3-10-18-55)68-43-31-62(32-44-68)56-19-11-4-12-20-56/h1-3,5-11,13-52H,4,12H2. The molecule has 0 amide bonds. The van der Waals surface area contributed by atoms with Gasteiger partial charge in [0.05, 0.1) is 0 Å². The van der Waals surface area contributed by atoms with Crippen molar-refractivity contribution in [1.82, 2.24) is 0 Å². The van der Waals surface area contributed by atoms with Gasteiger partial charge in [-0.3, -0.25) is 0 Å². The molecule has 74 heavy (non-hydrogen) atoms. The van der Waals surface area contributed by atoms with Crippen molar-refractivity contribution in [2.24, 2.45) is 0 Å². The Balaban J connectivity index is 0.841. The van der Waals surface area contributed by atoms with Gasteiger partial charge in [0.25, 0.3) is 0 Å². The smallest absolute Gasteiger partial charge is 0.0462 e. The van der Waals surface area contributed by atoms with E-state index < -0.39 is 0 Å². The normalized spacial score (nSPS) is 12.0. The summed E-state index contributed by atoms with van der Waals surface area (Å²) in [6.45, 7) is 0. The first-order chi connectivity index (χ1) is 36.7. The van der Waals surface area contributed by atoms with Gasteiger partial charge in [0.1, 0.15) is 0 Å². The van der Waals surface area contributed by atoms with Crippen LogP contribution in [0.5, 0.6) is 0 Å². The Hall–Kier alpha value is -9.50. The van der Waals surface area contributed by atoms with Crippen molar-refractivity contribution in [2.45, 2.75) is 12.8 Å². The molecule has 12 rings (SSSR count). The van der Waals surface area contributed by atoms with Crippen molar-refractivity contribution in [2.75, 3.05) is 9.80 Å². The van der Waals surface area contributed by atoms with Crippen molar-refractivity contribution in [1.29, 1.82) is 0 Å². The lowest BCUT2D eigenvalue weighted by molar-refractivity contribution is 1.04. The third-order valence-electron chi connectivity index (χ3n) is 14.2. The highest BCUT2D eigenvalue weighted by Crippen LogP contribution is 2.41. The van der Waals surface area contributed by atoms with Gasteiger partial charge >= 0.3 is 0 Å². The van der Waals surface area contributed by atoms with Crippen LogP contribution >= 0.6 is 0 Å². The van der Waals surface area contributed by atoms with Gasteiger partial charge in [0.15, 0.2) is 0 Å². The number of hydrogen-bond donors (Lipinski definition) is 0. The van der Waals surface area contributed by atoms with Crippen LogP contribution in [-0.4, -0.2) is 0 Å². The molecule has 0 fully saturated rings. The average Bonchev–Trinajstić information content (AvgIpc) is 3.49. The molecule has 0 saturated carbocycles. The summed E-state index contributed by atoms with van der Waals surface area (Å²) in [4.78, 5) is 4.70. The van der Waals surface area contributed by atoms with Crippen LogP contribution in [0.4, 0.5) is 34.1 Å².